The van der Waals surface area contributed by atoms with Gasteiger partial charge in [-0.25, -0.2) is 4.39 Å². The van der Waals surface area contributed by atoms with E-state index >= 15 is 0 Å². The maximum atomic E-state index is 13.0. The molecular formula is C17H24FNO3. The van der Waals surface area contributed by atoms with Crippen molar-refractivity contribution in [2.75, 3.05) is 25.6 Å². The molecule has 3 rings (SSSR count). The molecule has 4 nitrogen and oxygen atoms in total. The van der Waals surface area contributed by atoms with E-state index in [1.165, 1.54) is 12.1 Å². The van der Waals surface area contributed by atoms with Gasteiger partial charge in [0.15, 0.2) is 0 Å². The van der Waals surface area contributed by atoms with E-state index in [2.05, 4.69) is 5.32 Å². The van der Waals surface area contributed by atoms with Crippen LogP contribution in [0.3, 0.4) is 0 Å². The number of nitrogens with one attached hydrogen (secondary N) is 1. The summed E-state index contributed by atoms with van der Waals surface area (Å²) < 4.78 is 24.2. The summed E-state index contributed by atoms with van der Waals surface area (Å²) >= 11 is 0. The molecule has 1 aliphatic carbocycles. The van der Waals surface area contributed by atoms with E-state index in [9.17, 15) is 9.50 Å². The van der Waals surface area contributed by atoms with Crippen molar-refractivity contribution in [2.24, 2.45) is 5.92 Å². The molecule has 4 unspecified atom stereocenters. The molecule has 22 heavy (non-hydrogen) atoms. The SMILES string of the molecule is COCC1CCC(Nc2ccc(F)cc2)C2(O)CCCOC12. The van der Waals surface area contributed by atoms with Crippen molar-refractivity contribution in [3.8, 4) is 0 Å². The number of hydrogen-bond donors (Lipinski definition) is 2. The third kappa shape index (κ3) is 2.98. The summed E-state index contributed by atoms with van der Waals surface area (Å²) in [6.07, 6.45) is 3.17. The minimum Gasteiger partial charge on any atom is -0.385 e. The molecule has 2 fully saturated rings. The summed E-state index contributed by atoms with van der Waals surface area (Å²) in [4.78, 5) is 0. The molecule has 0 amide bonds. The molecule has 0 radical (unpaired) electrons. The van der Waals surface area contributed by atoms with Crippen LogP contribution < -0.4 is 5.32 Å². The van der Waals surface area contributed by atoms with Crippen molar-refractivity contribution in [2.45, 2.75) is 43.4 Å². The van der Waals surface area contributed by atoms with Crippen LogP contribution in [0, 0.1) is 11.7 Å². The summed E-state index contributed by atoms with van der Waals surface area (Å²) in [6, 6.07) is 6.18. The smallest absolute Gasteiger partial charge is 0.123 e. The van der Waals surface area contributed by atoms with Gasteiger partial charge in [0.2, 0.25) is 0 Å². The molecule has 0 bridgehead atoms. The van der Waals surface area contributed by atoms with E-state index in [1.54, 1.807) is 19.2 Å². The second kappa shape index (κ2) is 6.52. The lowest BCUT2D eigenvalue weighted by Crippen LogP contribution is -2.64. The number of hydrogen-bond acceptors (Lipinski definition) is 4. The Labute approximate surface area is 130 Å². The minimum atomic E-state index is -0.895. The van der Waals surface area contributed by atoms with E-state index in [0.717, 1.165) is 31.4 Å². The third-order valence-corrected chi connectivity index (χ3v) is 4.94. The van der Waals surface area contributed by atoms with Gasteiger partial charge < -0.3 is 19.9 Å². The fourth-order valence-corrected chi connectivity index (χ4v) is 3.88. The topological polar surface area (TPSA) is 50.7 Å². The lowest BCUT2D eigenvalue weighted by Gasteiger charge is -2.51. The Balaban J connectivity index is 1.78. The molecule has 1 heterocycles. The molecule has 2 N–H and O–H groups in total. The molecule has 1 aliphatic heterocycles. The first-order valence-corrected chi connectivity index (χ1v) is 7.98. The van der Waals surface area contributed by atoms with Crippen molar-refractivity contribution in [3.63, 3.8) is 0 Å². The second-order valence-electron chi connectivity index (χ2n) is 6.38. The predicted octanol–water partition coefficient (Wildman–Crippen LogP) is 2.57. The van der Waals surface area contributed by atoms with E-state index in [1.807, 2.05) is 0 Å². The molecule has 5 heteroatoms. The van der Waals surface area contributed by atoms with E-state index in [-0.39, 0.29) is 23.9 Å². The molecule has 4 atom stereocenters. The predicted molar refractivity (Wildman–Crippen MR) is 82.3 cm³/mol. The van der Waals surface area contributed by atoms with Gasteiger partial charge in [0, 0.05) is 25.3 Å². The Morgan fingerprint density at radius 1 is 1.36 bits per heavy atom. The molecule has 1 aromatic carbocycles. The molecule has 0 aromatic heterocycles. The zero-order valence-electron chi connectivity index (χ0n) is 12.9. The highest BCUT2D eigenvalue weighted by atomic mass is 19.1. The number of halogens is 1. The third-order valence-electron chi connectivity index (χ3n) is 4.94. The summed E-state index contributed by atoms with van der Waals surface area (Å²) in [5.74, 6) is -0.0338. The van der Waals surface area contributed by atoms with E-state index in [0.29, 0.717) is 13.2 Å². The molecule has 0 spiro atoms. The Bertz CT molecular complexity index is 495. The summed E-state index contributed by atoms with van der Waals surface area (Å²) in [5, 5.41) is 14.6. The standard InChI is InChI=1S/C17H24FNO3/c1-21-11-12-3-8-15(17(20)9-2-10-22-16(12)17)19-14-6-4-13(18)5-7-14/h4-7,12,15-16,19-20H,2-3,8-11H2,1H3. The van der Waals surface area contributed by atoms with Crippen LogP contribution in [0.2, 0.25) is 0 Å². The van der Waals surface area contributed by atoms with Gasteiger partial charge >= 0.3 is 0 Å². The van der Waals surface area contributed by atoms with Crippen LogP contribution >= 0.6 is 0 Å². The Hall–Kier alpha value is -1.17. The van der Waals surface area contributed by atoms with Crippen LogP contribution in [0.25, 0.3) is 0 Å². The van der Waals surface area contributed by atoms with Crippen LogP contribution in [0.15, 0.2) is 24.3 Å². The Morgan fingerprint density at radius 3 is 2.86 bits per heavy atom. The molecular weight excluding hydrogens is 285 g/mol. The summed E-state index contributed by atoms with van der Waals surface area (Å²) in [7, 11) is 1.69. The van der Waals surface area contributed by atoms with Crippen LogP contribution in [0.5, 0.6) is 0 Å². The summed E-state index contributed by atoms with van der Waals surface area (Å²) in [5.41, 5.74) is -0.0667. The van der Waals surface area contributed by atoms with Gasteiger partial charge in [0.25, 0.3) is 0 Å². The zero-order valence-corrected chi connectivity index (χ0v) is 12.9. The Morgan fingerprint density at radius 2 is 2.14 bits per heavy atom. The molecule has 122 valence electrons. The van der Waals surface area contributed by atoms with Crippen molar-refractivity contribution >= 4 is 5.69 Å². The largest absolute Gasteiger partial charge is 0.385 e. The molecule has 1 aromatic rings. The Kier molecular flexibility index (Phi) is 4.66. The monoisotopic (exact) mass is 309 g/mol. The highest BCUT2D eigenvalue weighted by Gasteiger charge is 2.52. The number of benzene rings is 1. The number of anilines is 1. The van der Waals surface area contributed by atoms with Crippen molar-refractivity contribution in [3.05, 3.63) is 30.1 Å². The first-order valence-electron chi connectivity index (χ1n) is 7.98. The van der Waals surface area contributed by atoms with Crippen LogP contribution in [0.4, 0.5) is 10.1 Å². The number of methoxy groups -OCH3 is 1. The van der Waals surface area contributed by atoms with Gasteiger partial charge in [-0.2, -0.15) is 0 Å². The van der Waals surface area contributed by atoms with Crippen molar-refractivity contribution in [1.29, 1.82) is 0 Å². The fraction of sp³-hybridized carbons (Fsp3) is 0.647. The maximum Gasteiger partial charge on any atom is 0.123 e. The fourth-order valence-electron chi connectivity index (χ4n) is 3.88. The van der Waals surface area contributed by atoms with E-state index in [4.69, 9.17) is 9.47 Å². The molecule has 2 aliphatic rings. The number of ether oxygens (including phenoxy) is 2. The molecule has 1 saturated carbocycles. The highest BCUT2D eigenvalue weighted by molar-refractivity contribution is 5.45. The van der Waals surface area contributed by atoms with Gasteiger partial charge in [-0.05, 0) is 49.9 Å². The molecule has 1 saturated heterocycles. The lowest BCUT2D eigenvalue weighted by atomic mass is 9.69. The average Bonchev–Trinajstić information content (AvgIpc) is 2.52. The van der Waals surface area contributed by atoms with Gasteiger partial charge in [0.05, 0.1) is 18.8 Å². The normalized spacial score (nSPS) is 35.0. The first kappa shape index (κ1) is 15.7. The highest BCUT2D eigenvalue weighted by Crippen LogP contribution is 2.42. The van der Waals surface area contributed by atoms with Gasteiger partial charge in [0.1, 0.15) is 11.4 Å². The maximum absolute atomic E-state index is 13.0. The quantitative estimate of drug-likeness (QED) is 0.897. The van der Waals surface area contributed by atoms with E-state index < -0.39 is 5.60 Å². The van der Waals surface area contributed by atoms with Crippen LogP contribution in [0.1, 0.15) is 25.7 Å². The second-order valence-corrected chi connectivity index (χ2v) is 6.38. The van der Waals surface area contributed by atoms with Crippen LogP contribution in [-0.2, 0) is 9.47 Å². The van der Waals surface area contributed by atoms with Gasteiger partial charge in [-0.3, -0.25) is 0 Å². The zero-order chi connectivity index (χ0) is 15.6. The van der Waals surface area contributed by atoms with Crippen molar-refractivity contribution < 1.29 is 19.0 Å². The number of aliphatic hydroxyl groups is 1. The average molecular weight is 309 g/mol. The van der Waals surface area contributed by atoms with Crippen molar-refractivity contribution in [1.82, 2.24) is 0 Å². The summed E-state index contributed by atoms with van der Waals surface area (Å²) in [6.45, 7) is 1.30. The first-order chi connectivity index (χ1) is 10.6. The van der Waals surface area contributed by atoms with Gasteiger partial charge in [-0.15, -0.1) is 0 Å². The van der Waals surface area contributed by atoms with Gasteiger partial charge in [-0.1, -0.05) is 0 Å². The number of rotatable bonds is 4. The minimum absolute atomic E-state index is 0.0867. The lowest BCUT2D eigenvalue weighted by molar-refractivity contribution is -0.196. The number of fused-ring (bicyclic) bond motifs is 1. The van der Waals surface area contributed by atoms with Crippen LogP contribution in [-0.4, -0.2) is 43.2 Å².